The van der Waals surface area contributed by atoms with Crippen LogP contribution in [0.2, 0.25) is 0 Å². The molecule has 0 radical (unpaired) electrons. The van der Waals surface area contributed by atoms with Crippen molar-refractivity contribution in [1.29, 1.82) is 0 Å². The van der Waals surface area contributed by atoms with Crippen LogP contribution in [0.25, 0.3) is 0 Å². The smallest absolute Gasteiger partial charge is 0.234 e. The highest BCUT2D eigenvalue weighted by molar-refractivity contribution is 4.84. The second-order valence-corrected chi connectivity index (χ2v) is 12.7. The number of hydrogen-bond acceptors (Lipinski definition) is 0. The molecular formula is C37H73N2+. The fourth-order valence-corrected chi connectivity index (χ4v) is 6.15. The summed E-state index contributed by atoms with van der Waals surface area (Å²) in [4.78, 5) is 0. The zero-order valence-electron chi connectivity index (χ0n) is 27.5. The Hall–Kier alpha value is -0.790. The van der Waals surface area contributed by atoms with Crippen molar-refractivity contribution in [2.45, 2.75) is 220 Å². The molecule has 0 aromatic carbocycles. The second-order valence-electron chi connectivity index (χ2n) is 12.7. The van der Waals surface area contributed by atoms with Crippen molar-refractivity contribution < 1.29 is 4.57 Å². The molecule has 1 aromatic rings. The first kappa shape index (κ1) is 36.2. The van der Waals surface area contributed by atoms with Crippen LogP contribution in [0.15, 0.2) is 12.4 Å². The third-order valence-corrected chi connectivity index (χ3v) is 8.85. The van der Waals surface area contributed by atoms with E-state index in [9.17, 15) is 0 Å². The molecule has 0 saturated heterocycles. The Morgan fingerprint density at radius 2 is 0.795 bits per heavy atom. The highest BCUT2D eigenvalue weighted by atomic mass is 15.1. The summed E-state index contributed by atoms with van der Waals surface area (Å²) in [5.74, 6) is 1.62. The van der Waals surface area contributed by atoms with Crippen molar-refractivity contribution in [3.63, 3.8) is 0 Å². The van der Waals surface area contributed by atoms with E-state index in [-0.39, 0.29) is 0 Å². The molecule has 230 valence electrons. The molecule has 39 heavy (non-hydrogen) atoms. The number of rotatable bonds is 31. The quantitative estimate of drug-likeness (QED) is 0.0648. The van der Waals surface area contributed by atoms with Crippen molar-refractivity contribution >= 4 is 0 Å². The predicted octanol–water partition coefficient (Wildman–Crippen LogP) is 12.3. The molecule has 0 aliphatic heterocycles. The fourth-order valence-electron chi connectivity index (χ4n) is 6.15. The third-order valence-electron chi connectivity index (χ3n) is 8.85. The summed E-state index contributed by atoms with van der Waals surface area (Å²) in [6, 6.07) is 0. The first-order valence-electron chi connectivity index (χ1n) is 18.4. The van der Waals surface area contributed by atoms with Crippen LogP contribution >= 0.6 is 0 Å². The van der Waals surface area contributed by atoms with Crippen LogP contribution in [0.5, 0.6) is 0 Å². The molecule has 1 rings (SSSR count). The maximum absolute atomic E-state index is 2.63. The monoisotopic (exact) mass is 546 g/mol. The first-order chi connectivity index (χ1) is 19.3. The van der Waals surface area contributed by atoms with Gasteiger partial charge in [-0.2, -0.15) is 0 Å². The van der Waals surface area contributed by atoms with E-state index in [4.69, 9.17) is 0 Å². The zero-order valence-corrected chi connectivity index (χ0v) is 27.5. The standard InChI is InChI=1S/C37H73N2/c1-4-7-10-13-16-19-20-21-23-26-29-32-37-38(33-30-27-24-18-15-12-9-6-3)35-36-39(37)34-31-28-25-22-17-14-11-8-5-2/h35-36H,4-34H2,1-3H3/q+1. The molecule has 1 heterocycles. The van der Waals surface area contributed by atoms with Crippen molar-refractivity contribution in [3.05, 3.63) is 18.2 Å². The molecule has 0 fully saturated rings. The predicted molar refractivity (Wildman–Crippen MR) is 175 cm³/mol. The lowest BCUT2D eigenvalue weighted by atomic mass is 10.1. The van der Waals surface area contributed by atoms with Crippen molar-refractivity contribution in [3.8, 4) is 0 Å². The van der Waals surface area contributed by atoms with E-state index in [1.54, 1.807) is 5.82 Å². The van der Waals surface area contributed by atoms with Crippen LogP contribution in [0.4, 0.5) is 0 Å². The van der Waals surface area contributed by atoms with Crippen molar-refractivity contribution in [2.75, 3.05) is 0 Å². The molecule has 2 nitrogen and oxygen atoms in total. The average Bonchev–Trinajstić information content (AvgIpc) is 3.33. The molecule has 0 bridgehead atoms. The summed E-state index contributed by atoms with van der Waals surface area (Å²) in [5, 5.41) is 0. The molecule has 0 saturated carbocycles. The highest BCUT2D eigenvalue weighted by Crippen LogP contribution is 2.15. The Bertz CT molecular complexity index is 605. The molecular weight excluding hydrogens is 472 g/mol. The van der Waals surface area contributed by atoms with Gasteiger partial charge in [-0.25, -0.2) is 9.13 Å². The van der Waals surface area contributed by atoms with E-state index in [0.29, 0.717) is 0 Å². The lowest BCUT2D eigenvalue weighted by Crippen LogP contribution is -2.37. The summed E-state index contributed by atoms with van der Waals surface area (Å²) in [5.41, 5.74) is 0. The molecule has 2 heteroatoms. The zero-order chi connectivity index (χ0) is 28.1. The first-order valence-corrected chi connectivity index (χ1v) is 18.4. The van der Waals surface area contributed by atoms with Gasteiger partial charge in [0.1, 0.15) is 12.4 Å². The van der Waals surface area contributed by atoms with Crippen LogP contribution in [0.3, 0.4) is 0 Å². The number of aryl methyl sites for hydroxylation is 2. The van der Waals surface area contributed by atoms with E-state index in [1.165, 1.54) is 199 Å². The number of imidazole rings is 1. The minimum absolute atomic E-state index is 1.23. The SMILES string of the molecule is CCCCCCCCCCCCCc1n(CCCCCCCCCCC)cc[n+]1CCCCCCCCCC. The average molecular weight is 546 g/mol. The topological polar surface area (TPSA) is 8.81 Å². The van der Waals surface area contributed by atoms with Crippen LogP contribution < -0.4 is 4.57 Å². The van der Waals surface area contributed by atoms with Crippen LogP contribution in [-0.2, 0) is 19.5 Å². The second kappa shape index (κ2) is 28.7. The van der Waals surface area contributed by atoms with Crippen LogP contribution in [0, 0.1) is 0 Å². The number of nitrogens with zero attached hydrogens (tertiary/aromatic N) is 2. The summed E-state index contributed by atoms with van der Waals surface area (Å²) in [7, 11) is 0. The van der Waals surface area contributed by atoms with Gasteiger partial charge in [0.15, 0.2) is 0 Å². The van der Waals surface area contributed by atoms with Gasteiger partial charge < -0.3 is 0 Å². The minimum atomic E-state index is 1.23. The van der Waals surface area contributed by atoms with Crippen molar-refractivity contribution in [1.82, 2.24) is 4.57 Å². The lowest BCUT2D eigenvalue weighted by Gasteiger charge is -2.07. The van der Waals surface area contributed by atoms with Gasteiger partial charge in [-0.15, -0.1) is 0 Å². The Balaban J connectivity index is 2.33. The van der Waals surface area contributed by atoms with Gasteiger partial charge in [-0.1, -0.05) is 168 Å². The van der Waals surface area contributed by atoms with Gasteiger partial charge in [0.25, 0.3) is 5.82 Å². The van der Waals surface area contributed by atoms with E-state index in [0.717, 1.165) is 0 Å². The molecule has 0 N–H and O–H groups in total. The normalized spacial score (nSPS) is 11.6. The molecule has 0 aliphatic rings. The molecule has 0 amide bonds. The summed E-state index contributed by atoms with van der Waals surface area (Å²) in [6.45, 7) is 9.39. The fraction of sp³-hybridized carbons (Fsp3) is 0.919. The summed E-state index contributed by atoms with van der Waals surface area (Å²) in [6.07, 6.45) is 45.9. The van der Waals surface area contributed by atoms with E-state index in [1.807, 2.05) is 0 Å². The van der Waals surface area contributed by atoms with E-state index >= 15 is 0 Å². The number of unbranched alkanes of at least 4 members (excludes halogenated alkanes) is 25. The maximum atomic E-state index is 2.63. The minimum Gasteiger partial charge on any atom is -0.234 e. The lowest BCUT2D eigenvalue weighted by molar-refractivity contribution is -0.704. The molecule has 0 atom stereocenters. The Morgan fingerprint density at radius 1 is 0.436 bits per heavy atom. The largest absolute Gasteiger partial charge is 0.256 e. The Kier molecular flexibility index (Phi) is 26.7. The summed E-state index contributed by atoms with van der Waals surface area (Å²) >= 11 is 0. The van der Waals surface area contributed by atoms with E-state index < -0.39 is 0 Å². The van der Waals surface area contributed by atoms with Gasteiger partial charge in [-0.3, -0.25) is 0 Å². The van der Waals surface area contributed by atoms with Crippen LogP contribution in [0.1, 0.15) is 206 Å². The molecule has 1 aromatic heterocycles. The van der Waals surface area contributed by atoms with E-state index in [2.05, 4.69) is 42.3 Å². The number of hydrogen-bond donors (Lipinski definition) is 0. The molecule has 0 spiro atoms. The van der Waals surface area contributed by atoms with Crippen LogP contribution in [-0.4, -0.2) is 4.57 Å². The van der Waals surface area contributed by atoms with Gasteiger partial charge in [0, 0.05) is 6.42 Å². The van der Waals surface area contributed by atoms with Gasteiger partial charge in [0.2, 0.25) is 0 Å². The highest BCUT2D eigenvalue weighted by Gasteiger charge is 2.16. The van der Waals surface area contributed by atoms with Gasteiger partial charge in [-0.05, 0) is 32.1 Å². The van der Waals surface area contributed by atoms with Gasteiger partial charge in [0.05, 0.1) is 13.1 Å². The Morgan fingerprint density at radius 3 is 1.23 bits per heavy atom. The third kappa shape index (κ3) is 21.6. The Labute approximate surface area is 247 Å². The summed E-state index contributed by atoms with van der Waals surface area (Å²) < 4.78 is 5.25. The molecule has 0 unspecified atom stereocenters. The van der Waals surface area contributed by atoms with Gasteiger partial charge >= 0.3 is 0 Å². The molecule has 0 aliphatic carbocycles. The number of aromatic nitrogens is 2. The maximum Gasteiger partial charge on any atom is 0.256 e. The van der Waals surface area contributed by atoms with Crippen molar-refractivity contribution in [2.24, 2.45) is 0 Å².